The molecule has 124 valence electrons. The molecule has 1 aliphatic heterocycles. The maximum Gasteiger partial charge on any atom is 0.251 e. The van der Waals surface area contributed by atoms with Gasteiger partial charge in [-0.25, -0.2) is 0 Å². The van der Waals surface area contributed by atoms with Crippen molar-refractivity contribution >= 4 is 11.9 Å². The van der Waals surface area contributed by atoms with Crippen molar-refractivity contribution in [3.63, 3.8) is 0 Å². The summed E-state index contributed by atoms with van der Waals surface area (Å²) in [6, 6.07) is 9.30. The first-order valence-electron chi connectivity index (χ1n) is 8.51. The third-order valence-corrected chi connectivity index (χ3v) is 5.09. The average Bonchev–Trinajstić information content (AvgIpc) is 3.01. The van der Waals surface area contributed by atoms with Crippen molar-refractivity contribution in [2.75, 3.05) is 33.2 Å². The van der Waals surface area contributed by atoms with E-state index in [1.807, 2.05) is 37.4 Å². The normalized spacial score (nSPS) is 19.5. The largest absolute Gasteiger partial charge is 0.354 e. The summed E-state index contributed by atoms with van der Waals surface area (Å²) in [6.45, 7) is 3.50. The van der Waals surface area contributed by atoms with E-state index in [2.05, 4.69) is 20.5 Å². The lowest BCUT2D eigenvalue weighted by molar-refractivity contribution is 0.0954. The Hall–Kier alpha value is -2.04. The number of likely N-dealkylation sites (tertiary alicyclic amines) is 1. The van der Waals surface area contributed by atoms with Gasteiger partial charge in [-0.05, 0) is 36.8 Å². The molecule has 0 bridgehead atoms. The van der Waals surface area contributed by atoms with E-state index in [1.165, 1.54) is 25.7 Å². The summed E-state index contributed by atoms with van der Waals surface area (Å²) in [5.74, 6) is 0.930. The van der Waals surface area contributed by atoms with Crippen LogP contribution in [-0.4, -0.2) is 50.0 Å². The van der Waals surface area contributed by atoms with Gasteiger partial charge in [-0.2, -0.15) is 0 Å². The summed E-state index contributed by atoms with van der Waals surface area (Å²) in [5, 5.41) is 6.30. The fourth-order valence-corrected chi connectivity index (χ4v) is 3.58. The molecule has 2 fully saturated rings. The monoisotopic (exact) mass is 314 g/mol. The molecular formula is C18H26N4O. The number of carbonyl (C=O) groups excluding carboxylic acids is 1. The highest BCUT2D eigenvalue weighted by atomic mass is 16.1. The van der Waals surface area contributed by atoms with Gasteiger partial charge in [0.25, 0.3) is 5.91 Å². The van der Waals surface area contributed by atoms with Gasteiger partial charge in [0.1, 0.15) is 0 Å². The Kier molecular flexibility index (Phi) is 4.84. The Morgan fingerprint density at radius 2 is 1.91 bits per heavy atom. The molecule has 2 aliphatic rings. The molecule has 1 saturated carbocycles. The zero-order valence-electron chi connectivity index (χ0n) is 13.8. The molecule has 1 aliphatic carbocycles. The van der Waals surface area contributed by atoms with Gasteiger partial charge in [0.05, 0.1) is 0 Å². The zero-order valence-corrected chi connectivity index (χ0v) is 13.8. The molecule has 0 aromatic heterocycles. The number of guanidine groups is 1. The molecule has 3 rings (SSSR count). The van der Waals surface area contributed by atoms with Crippen LogP contribution in [-0.2, 0) is 0 Å². The lowest BCUT2D eigenvalue weighted by Crippen LogP contribution is -2.44. The Balaban J connectivity index is 1.40. The van der Waals surface area contributed by atoms with Crippen LogP contribution in [0.1, 0.15) is 36.0 Å². The van der Waals surface area contributed by atoms with Gasteiger partial charge >= 0.3 is 0 Å². The number of aliphatic imine (C=N–C) groups is 1. The van der Waals surface area contributed by atoms with Crippen LogP contribution in [0.5, 0.6) is 0 Å². The van der Waals surface area contributed by atoms with E-state index >= 15 is 0 Å². The average molecular weight is 314 g/mol. The Morgan fingerprint density at radius 3 is 2.52 bits per heavy atom. The van der Waals surface area contributed by atoms with Gasteiger partial charge < -0.3 is 15.5 Å². The van der Waals surface area contributed by atoms with E-state index < -0.39 is 0 Å². The fraction of sp³-hybridized carbons (Fsp3) is 0.556. The number of hydrogen-bond acceptors (Lipinski definition) is 2. The Labute approximate surface area is 138 Å². The topological polar surface area (TPSA) is 56.7 Å². The number of rotatable bonds is 4. The predicted octanol–water partition coefficient (Wildman–Crippen LogP) is 1.87. The van der Waals surface area contributed by atoms with Crippen molar-refractivity contribution in [3.8, 4) is 0 Å². The molecule has 0 unspecified atom stereocenters. The molecule has 1 spiro atoms. The van der Waals surface area contributed by atoms with Crippen LogP contribution in [0.25, 0.3) is 0 Å². The smallest absolute Gasteiger partial charge is 0.251 e. The molecule has 5 nitrogen and oxygen atoms in total. The van der Waals surface area contributed by atoms with E-state index in [4.69, 9.17) is 0 Å². The van der Waals surface area contributed by atoms with Crippen molar-refractivity contribution < 1.29 is 4.79 Å². The summed E-state index contributed by atoms with van der Waals surface area (Å²) in [5.41, 5.74) is 1.27. The van der Waals surface area contributed by atoms with Crippen molar-refractivity contribution in [2.24, 2.45) is 10.4 Å². The molecule has 0 atom stereocenters. The predicted molar refractivity (Wildman–Crippen MR) is 92.6 cm³/mol. The third-order valence-electron chi connectivity index (χ3n) is 5.09. The van der Waals surface area contributed by atoms with Crippen LogP contribution in [0.2, 0.25) is 0 Å². The quantitative estimate of drug-likeness (QED) is 0.507. The number of nitrogens with one attached hydrogen (secondary N) is 2. The van der Waals surface area contributed by atoms with E-state index in [1.54, 1.807) is 0 Å². The first kappa shape index (κ1) is 15.8. The SMILES string of the molecule is CN=C(NCCNC(=O)c1ccccc1)N1CCC2(CCC2)C1. The number of hydrogen-bond donors (Lipinski definition) is 2. The van der Waals surface area contributed by atoms with Crippen LogP contribution in [0.3, 0.4) is 0 Å². The van der Waals surface area contributed by atoms with Gasteiger partial charge in [0, 0.05) is 38.8 Å². The van der Waals surface area contributed by atoms with Crippen LogP contribution >= 0.6 is 0 Å². The number of carbonyl (C=O) groups is 1. The van der Waals surface area contributed by atoms with Crippen molar-refractivity contribution in [1.29, 1.82) is 0 Å². The van der Waals surface area contributed by atoms with E-state index in [0.29, 0.717) is 24.1 Å². The van der Waals surface area contributed by atoms with Crippen LogP contribution in [0.15, 0.2) is 35.3 Å². The van der Waals surface area contributed by atoms with Gasteiger partial charge in [0.15, 0.2) is 5.96 Å². The molecular weight excluding hydrogens is 288 g/mol. The van der Waals surface area contributed by atoms with E-state index in [-0.39, 0.29) is 5.91 Å². The van der Waals surface area contributed by atoms with E-state index in [9.17, 15) is 4.79 Å². The zero-order chi connectivity index (χ0) is 16.1. The highest BCUT2D eigenvalue weighted by Crippen LogP contribution is 2.47. The first-order valence-corrected chi connectivity index (χ1v) is 8.51. The third kappa shape index (κ3) is 3.66. The highest BCUT2D eigenvalue weighted by Gasteiger charge is 2.43. The lowest BCUT2D eigenvalue weighted by atomic mass is 9.68. The van der Waals surface area contributed by atoms with Crippen LogP contribution < -0.4 is 10.6 Å². The summed E-state index contributed by atoms with van der Waals surface area (Å²) >= 11 is 0. The highest BCUT2D eigenvalue weighted by molar-refractivity contribution is 5.94. The Bertz CT molecular complexity index is 566. The van der Waals surface area contributed by atoms with Crippen molar-refractivity contribution in [1.82, 2.24) is 15.5 Å². The minimum atomic E-state index is -0.0306. The molecule has 1 aromatic carbocycles. The molecule has 5 heteroatoms. The fourth-order valence-electron chi connectivity index (χ4n) is 3.58. The molecule has 1 saturated heterocycles. The standard InChI is InChI=1S/C18H26N4O/c1-19-17(22-13-10-18(14-22)8-5-9-18)21-12-11-20-16(23)15-6-3-2-4-7-15/h2-4,6-7H,5,8-14H2,1H3,(H,19,21)(H,20,23). The molecule has 2 N–H and O–H groups in total. The number of nitrogens with zero attached hydrogens (tertiary/aromatic N) is 2. The lowest BCUT2D eigenvalue weighted by Gasteiger charge is -2.38. The van der Waals surface area contributed by atoms with Gasteiger partial charge in [-0.15, -0.1) is 0 Å². The molecule has 1 heterocycles. The minimum Gasteiger partial charge on any atom is -0.354 e. The summed E-state index contributed by atoms with van der Waals surface area (Å²) < 4.78 is 0. The summed E-state index contributed by atoms with van der Waals surface area (Å²) in [6.07, 6.45) is 5.41. The maximum absolute atomic E-state index is 12.0. The van der Waals surface area contributed by atoms with Gasteiger partial charge in [0.2, 0.25) is 0 Å². The first-order chi connectivity index (χ1) is 11.2. The van der Waals surface area contributed by atoms with Crippen molar-refractivity contribution in [2.45, 2.75) is 25.7 Å². The molecule has 0 radical (unpaired) electrons. The van der Waals surface area contributed by atoms with Crippen LogP contribution in [0.4, 0.5) is 0 Å². The van der Waals surface area contributed by atoms with Gasteiger partial charge in [-0.1, -0.05) is 24.6 Å². The van der Waals surface area contributed by atoms with Gasteiger partial charge in [-0.3, -0.25) is 9.79 Å². The Morgan fingerprint density at radius 1 is 1.17 bits per heavy atom. The van der Waals surface area contributed by atoms with Crippen LogP contribution in [0, 0.1) is 5.41 Å². The second-order valence-corrected chi connectivity index (χ2v) is 6.62. The van der Waals surface area contributed by atoms with E-state index in [0.717, 1.165) is 19.0 Å². The number of benzene rings is 1. The summed E-state index contributed by atoms with van der Waals surface area (Å²) in [4.78, 5) is 18.7. The second kappa shape index (κ2) is 7.02. The minimum absolute atomic E-state index is 0.0306. The molecule has 1 aromatic rings. The maximum atomic E-state index is 12.0. The second-order valence-electron chi connectivity index (χ2n) is 6.62. The number of amides is 1. The summed E-state index contributed by atoms with van der Waals surface area (Å²) in [7, 11) is 1.83. The van der Waals surface area contributed by atoms with Crippen molar-refractivity contribution in [3.05, 3.63) is 35.9 Å². The molecule has 1 amide bonds. The molecule has 23 heavy (non-hydrogen) atoms.